The molecule has 0 bridgehead atoms. The summed E-state index contributed by atoms with van der Waals surface area (Å²) in [6.45, 7) is 11.5. The highest BCUT2D eigenvalue weighted by atomic mass is 35.5. The Labute approximate surface area is 205 Å². The van der Waals surface area contributed by atoms with E-state index in [1.807, 2.05) is 12.1 Å². The molecule has 176 valence electrons. The molecular weight excluding hydrogens is 477 g/mol. The predicted octanol–water partition coefficient (Wildman–Crippen LogP) is 1.35. The van der Waals surface area contributed by atoms with E-state index in [-0.39, 0.29) is 46.5 Å². The number of hydrogen-bond acceptors (Lipinski definition) is 4. The summed E-state index contributed by atoms with van der Waals surface area (Å²) in [5.41, 5.74) is 0.0298. The predicted molar refractivity (Wildman–Crippen MR) is 123 cm³/mol. The summed E-state index contributed by atoms with van der Waals surface area (Å²) >= 11 is 6.35. The third kappa shape index (κ3) is 6.65. The number of benzene rings is 2. The number of amides is 2. The Bertz CT molecular complexity index is 968. The lowest BCUT2D eigenvalue weighted by Crippen LogP contribution is -3.25. The molecule has 1 N–H and O–H groups in total. The first-order valence-corrected chi connectivity index (χ1v) is 9.85. The average molecular weight is 505 g/mol. The zero-order chi connectivity index (χ0) is 22.9. The number of quaternary nitrogens is 1. The second kappa shape index (κ2) is 11.1. The number of nitro benzene ring substituents is 1. The van der Waals surface area contributed by atoms with Crippen molar-refractivity contribution < 1.29 is 31.9 Å². The Morgan fingerprint density at radius 2 is 1.47 bits per heavy atom. The van der Waals surface area contributed by atoms with Gasteiger partial charge in [-0.15, -0.1) is 17.4 Å². The maximum atomic E-state index is 13.3. The molecule has 2 aromatic rings. The van der Waals surface area contributed by atoms with Gasteiger partial charge in [0.1, 0.15) is 11.1 Å². The largest absolute Gasteiger partial charge is 1.00 e. The maximum absolute atomic E-state index is 13.3. The van der Waals surface area contributed by atoms with Crippen molar-refractivity contribution in [2.24, 2.45) is 0 Å². The van der Waals surface area contributed by atoms with Gasteiger partial charge in [0, 0.05) is 6.07 Å². The average Bonchev–Trinajstić information content (AvgIpc) is 2.65. The molecule has 0 heterocycles. The van der Waals surface area contributed by atoms with Crippen LogP contribution in [0.1, 0.15) is 67.8 Å². The van der Waals surface area contributed by atoms with Crippen LogP contribution in [0.3, 0.4) is 0 Å². The van der Waals surface area contributed by atoms with Gasteiger partial charge in [-0.2, -0.15) is 0 Å². The van der Waals surface area contributed by atoms with Crippen molar-refractivity contribution in [3.05, 3.63) is 75.3 Å². The third-order valence-corrected chi connectivity index (χ3v) is 4.97. The maximum Gasteiger partial charge on any atom is 0.370 e. The molecule has 7 nitrogen and oxygen atoms in total. The third-order valence-electron chi connectivity index (χ3n) is 4.64. The molecule has 1 unspecified atom stereocenters. The summed E-state index contributed by atoms with van der Waals surface area (Å²) in [5, 5.41) is 11.3. The van der Waals surface area contributed by atoms with Crippen LogP contribution in [0, 0.1) is 10.1 Å². The van der Waals surface area contributed by atoms with Crippen LogP contribution in [-0.4, -0.2) is 26.8 Å². The van der Waals surface area contributed by atoms with E-state index >= 15 is 0 Å². The number of carbonyl (C=O) groups is 2. The molecule has 0 saturated heterocycles. The standard InChI is InChI=1S/C22H26ClN3O4.2ClH/c1-21(2,3)16-13-11-15(12-14-16)19(27)24(22(4,5)6)25(23)20(28)17-9-7-8-10-18(17)26(29)30;;/h7-14H,1-6H3;2*1H. The minimum atomic E-state index is -0.825. The highest BCUT2D eigenvalue weighted by Gasteiger charge is 2.43. The fourth-order valence-electron chi connectivity index (χ4n) is 3.00. The van der Waals surface area contributed by atoms with Crippen molar-refractivity contribution in [1.29, 1.82) is 0 Å². The minimum absolute atomic E-state index is 0. The highest BCUT2D eigenvalue weighted by molar-refractivity contribution is 6.23. The van der Waals surface area contributed by atoms with E-state index in [2.05, 4.69) is 20.8 Å². The number of hydrogen-bond donors (Lipinski definition) is 1. The van der Waals surface area contributed by atoms with E-state index < -0.39 is 22.3 Å². The molecule has 0 aliphatic rings. The molecule has 2 aromatic carbocycles. The SMILES string of the molecule is CC(C)(C)c1ccc(C(=O)[NH+](N(Cl)C(=O)c2ccccc2[N+](=O)[O-])C(C)(C)C)cc1.Cl.[Cl-]. The van der Waals surface area contributed by atoms with E-state index in [9.17, 15) is 19.7 Å². The number of nitrogens with zero attached hydrogens (tertiary/aromatic N) is 2. The van der Waals surface area contributed by atoms with Crippen molar-refractivity contribution in [2.75, 3.05) is 0 Å². The molecule has 32 heavy (non-hydrogen) atoms. The van der Waals surface area contributed by atoms with Crippen LogP contribution >= 0.6 is 24.2 Å². The zero-order valence-electron chi connectivity index (χ0n) is 18.8. The van der Waals surface area contributed by atoms with Crippen molar-refractivity contribution in [3.63, 3.8) is 0 Å². The molecule has 10 heteroatoms. The van der Waals surface area contributed by atoms with Gasteiger partial charge in [0.2, 0.25) is 0 Å². The monoisotopic (exact) mass is 503 g/mol. The number of para-hydroxylation sites is 1. The Morgan fingerprint density at radius 3 is 1.91 bits per heavy atom. The normalized spacial score (nSPS) is 12.1. The first kappa shape index (κ1) is 29.8. The van der Waals surface area contributed by atoms with Gasteiger partial charge in [-0.1, -0.05) is 49.6 Å². The van der Waals surface area contributed by atoms with Gasteiger partial charge in [-0.25, -0.2) is 4.79 Å². The molecular formula is C22H28Cl3N3O4. The Kier molecular flexibility index (Phi) is 10.3. The van der Waals surface area contributed by atoms with Gasteiger partial charge >= 0.3 is 11.8 Å². The topological polar surface area (TPSA) is 85.0 Å². The van der Waals surface area contributed by atoms with Crippen molar-refractivity contribution in [2.45, 2.75) is 52.5 Å². The molecule has 0 aliphatic carbocycles. The Hall–Kier alpha value is -2.19. The first-order valence-electron chi connectivity index (χ1n) is 9.51. The molecule has 2 rings (SSSR count). The van der Waals surface area contributed by atoms with E-state index in [0.29, 0.717) is 10.1 Å². The first-order chi connectivity index (χ1) is 13.7. The van der Waals surface area contributed by atoms with Crippen LogP contribution in [0.4, 0.5) is 5.69 Å². The molecule has 2 amide bonds. The summed E-state index contributed by atoms with van der Waals surface area (Å²) in [7, 11) is 0. The number of halogens is 3. The quantitative estimate of drug-likeness (QED) is 0.389. The van der Waals surface area contributed by atoms with Crippen LogP contribution in [-0.2, 0) is 5.41 Å². The van der Waals surface area contributed by atoms with Crippen LogP contribution in [0.25, 0.3) is 0 Å². The highest BCUT2D eigenvalue weighted by Crippen LogP contribution is 2.22. The lowest BCUT2D eigenvalue weighted by molar-refractivity contribution is -0.951. The summed E-state index contributed by atoms with van der Waals surface area (Å²) in [6.07, 6.45) is 0. The Balaban J connectivity index is 0.00000480. The van der Waals surface area contributed by atoms with Crippen molar-refractivity contribution in [1.82, 2.24) is 4.53 Å². The van der Waals surface area contributed by atoms with E-state index in [1.54, 1.807) is 32.9 Å². The van der Waals surface area contributed by atoms with Gasteiger partial charge in [0.15, 0.2) is 0 Å². The van der Waals surface area contributed by atoms with Gasteiger partial charge in [0.05, 0.1) is 22.3 Å². The van der Waals surface area contributed by atoms with Crippen LogP contribution in [0.2, 0.25) is 0 Å². The summed E-state index contributed by atoms with van der Waals surface area (Å²) < 4.78 is 0.711. The molecule has 0 fully saturated rings. The fraction of sp³-hybridized carbons (Fsp3) is 0.364. The van der Waals surface area contributed by atoms with E-state index in [4.69, 9.17) is 11.8 Å². The number of rotatable bonds is 3. The van der Waals surface area contributed by atoms with Gasteiger partial charge in [-0.3, -0.25) is 14.9 Å². The number of carbonyl (C=O) groups excluding carboxylic acids is 2. The van der Waals surface area contributed by atoms with Crippen LogP contribution in [0.15, 0.2) is 48.5 Å². The van der Waals surface area contributed by atoms with Gasteiger partial charge in [0.25, 0.3) is 5.69 Å². The lowest BCUT2D eigenvalue weighted by atomic mass is 9.86. The summed E-state index contributed by atoms with van der Waals surface area (Å²) in [6, 6.07) is 12.7. The minimum Gasteiger partial charge on any atom is -1.00 e. The number of nitrogens with one attached hydrogen (secondary N) is 1. The van der Waals surface area contributed by atoms with Gasteiger partial charge < -0.3 is 12.4 Å². The van der Waals surface area contributed by atoms with E-state index in [1.165, 1.54) is 24.3 Å². The molecule has 0 saturated carbocycles. The molecule has 0 aromatic heterocycles. The summed E-state index contributed by atoms with van der Waals surface area (Å²) in [4.78, 5) is 36.9. The zero-order valence-corrected chi connectivity index (χ0v) is 21.1. The smallest absolute Gasteiger partial charge is 0.370 e. The van der Waals surface area contributed by atoms with Crippen LogP contribution < -0.4 is 17.4 Å². The molecule has 0 radical (unpaired) electrons. The molecule has 1 atom stereocenters. The number of nitro groups is 1. The van der Waals surface area contributed by atoms with Crippen molar-refractivity contribution in [3.8, 4) is 0 Å². The Morgan fingerprint density at radius 1 is 0.969 bits per heavy atom. The van der Waals surface area contributed by atoms with E-state index in [0.717, 1.165) is 5.56 Å². The fourth-order valence-corrected chi connectivity index (χ4v) is 3.42. The van der Waals surface area contributed by atoms with Crippen molar-refractivity contribution >= 4 is 41.7 Å². The van der Waals surface area contributed by atoms with Crippen LogP contribution in [0.5, 0.6) is 0 Å². The molecule has 0 aliphatic heterocycles. The second-order valence-corrected chi connectivity index (χ2v) is 9.45. The second-order valence-electron chi connectivity index (χ2n) is 9.12. The molecule has 0 spiro atoms. The summed E-state index contributed by atoms with van der Waals surface area (Å²) in [5.74, 6) is -1.24. The lowest BCUT2D eigenvalue weighted by Gasteiger charge is -2.33. The van der Waals surface area contributed by atoms with Gasteiger partial charge in [-0.05, 0) is 49.9 Å².